The average molecular weight is 241 g/mol. The van der Waals surface area contributed by atoms with Crippen molar-refractivity contribution >= 4 is 17.1 Å². The van der Waals surface area contributed by atoms with E-state index in [1.165, 1.54) is 12.8 Å². The summed E-state index contributed by atoms with van der Waals surface area (Å²) in [5.74, 6) is 1.31. The maximum atomic E-state index is 5.30. The maximum Gasteiger partial charge on any atom is 0.0143 e. The van der Waals surface area contributed by atoms with Gasteiger partial charge in [0.1, 0.15) is 0 Å². The van der Waals surface area contributed by atoms with E-state index in [1.54, 1.807) is 0 Å². The van der Waals surface area contributed by atoms with E-state index in [4.69, 9.17) is 12.2 Å². The molecule has 0 bridgehead atoms. The first kappa shape index (κ1) is 15.6. The van der Waals surface area contributed by atoms with Gasteiger partial charge in [-0.05, 0) is 42.4 Å². The molecule has 0 aliphatic heterocycles. The van der Waals surface area contributed by atoms with Crippen molar-refractivity contribution in [2.45, 2.75) is 53.4 Å². The minimum atomic E-state index is 0.517. The second kappa shape index (κ2) is 8.74. The predicted molar refractivity (Wildman–Crippen MR) is 77.9 cm³/mol. The minimum absolute atomic E-state index is 0.517. The van der Waals surface area contributed by atoms with Gasteiger partial charge in [-0.25, -0.2) is 0 Å². The van der Waals surface area contributed by atoms with Gasteiger partial charge in [-0.2, -0.15) is 0 Å². The van der Waals surface area contributed by atoms with Crippen LogP contribution in [0.15, 0.2) is 12.3 Å². The molecular weight excluding hydrogens is 214 g/mol. The number of hydrogen-bond acceptors (Lipinski definition) is 2. The molecule has 0 aromatic heterocycles. The van der Waals surface area contributed by atoms with E-state index in [2.05, 4.69) is 39.6 Å². The number of thiocarbonyl (C=S) groups is 1. The molecule has 0 saturated carbocycles. The Hall–Kier alpha value is -0.370. The van der Waals surface area contributed by atoms with E-state index >= 15 is 0 Å². The fourth-order valence-corrected chi connectivity index (χ4v) is 1.53. The zero-order valence-electron chi connectivity index (χ0n) is 11.3. The van der Waals surface area contributed by atoms with Crippen LogP contribution in [0.1, 0.15) is 53.4 Å². The molecule has 0 aliphatic carbocycles. The predicted octanol–water partition coefficient (Wildman–Crippen LogP) is 4.33. The quantitative estimate of drug-likeness (QED) is 0.476. The van der Waals surface area contributed by atoms with Crippen molar-refractivity contribution in [3.63, 3.8) is 0 Å². The van der Waals surface area contributed by atoms with Gasteiger partial charge in [0, 0.05) is 12.2 Å². The summed E-state index contributed by atoms with van der Waals surface area (Å²) < 4.78 is 0. The largest absolute Gasteiger partial charge is 0.389 e. The van der Waals surface area contributed by atoms with Crippen LogP contribution in [0.2, 0.25) is 0 Å². The molecule has 0 saturated heterocycles. The molecule has 0 atom stereocenters. The number of rotatable bonds is 9. The molecular formula is C14H27NS. The lowest BCUT2D eigenvalue weighted by atomic mass is 10.0. The highest BCUT2D eigenvalue weighted by Gasteiger charge is 2.03. The summed E-state index contributed by atoms with van der Waals surface area (Å²) in [4.78, 5) is 1.16. The van der Waals surface area contributed by atoms with Gasteiger partial charge in [-0.1, -0.05) is 46.5 Å². The zero-order chi connectivity index (χ0) is 12.6. The third kappa shape index (κ3) is 8.90. The lowest BCUT2D eigenvalue weighted by molar-refractivity contribution is 0.541. The molecule has 0 radical (unpaired) electrons. The summed E-state index contributed by atoms with van der Waals surface area (Å²) in [6.45, 7) is 13.9. The van der Waals surface area contributed by atoms with Crippen LogP contribution >= 0.6 is 12.2 Å². The van der Waals surface area contributed by atoms with Crippen LogP contribution in [-0.4, -0.2) is 11.4 Å². The molecule has 0 aromatic rings. The first-order valence-electron chi connectivity index (χ1n) is 6.37. The molecule has 0 heterocycles. The summed E-state index contributed by atoms with van der Waals surface area (Å²) in [6, 6.07) is 0. The molecule has 0 fully saturated rings. The molecule has 0 aromatic carbocycles. The van der Waals surface area contributed by atoms with Crippen molar-refractivity contribution in [2.75, 3.05) is 6.54 Å². The third-order valence-electron chi connectivity index (χ3n) is 2.65. The SMILES string of the molecule is C=C(CCC(=S)C(C)C)NCCCC(C)C. The summed E-state index contributed by atoms with van der Waals surface area (Å²) in [5, 5.41) is 3.38. The molecule has 16 heavy (non-hydrogen) atoms. The van der Waals surface area contributed by atoms with Crippen LogP contribution in [0.25, 0.3) is 0 Å². The molecule has 94 valence electrons. The van der Waals surface area contributed by atoms with Gasteiger partial charge >= 0.3 is 0 Å². The van der Waals surface area contributed by atoms with Crippen molar-refractivity contribution in [2.24, 2.45) is 11.8 Å². The lowest BCUT2D eigenvalue weighted by Gasteiger charge is -2.12. The summed E-state index contributed by atoms with van der Waals surface area (Å²) in [7, 11) is 0. The summed E-state index contributed by atoms with van der Waals surface area (Å²) >= 11 is 5.30. The molecule has 0 amide bonds. The van der Waals surface area contributed by atoms with Gasteiger partial charge in [-0.3, -0.25) is 0 Å². The van der Waals surface area contributed by atoms with E-state index in [9.17, 15) is 0 Å². The van der Waals surface area contributed by atoms with Crippen LogP contribution in [0.4, 0.5) is 0 Å². The molecule has 1 N–H and O–H groups in total. The number of allylic oxidation sites excluding steroid dienone is 1. The zero-order valence-corrected chi connectivity index (χ0v) is 12.1. The van der Waals surface area contributed by atoms with Crippen molar-refractivity contribution in [3.8, 4) is 0 Å². The minimum Gasteiger partial charge on any atom is -0.389 e. The van der Waals surface area contributed by atoms with Gasteiger partial charge in [-0.15, -0.1) is 0 Å². The van der Waals surface area contributed by atoms with Gasteiger partial charge in [0.15, 0.2) is 0 Å². The standard InChI is InChI=1S/C14H27NS/c1-11(2)7-6-10-15-13(5)8-9-14(16)12(3)4/h11-12,15H,5-10H2,1-4H3. The van der Waals surface area contributed by atoms with Crippen molar-refractivity contribution < 1.29 is 0 Å². The highest BCUT2D eigenvalue weighted by atomic mass is 32.1. The fourth-order valence-electron chi connectivity index (χ4n) is 1.43. The van der Waals surface area contributed by atoms with Gasteiger partial charge < -0.3 is 5.32 Å². The molecule has 0 spiro atoms. The van der Waals surface area contributed by atoms with Gasteiger partial charge in [0.2, 0.25) is 0 Å². The van der Waals surface area contributed by atoms with Crippen molar-refractivity contribution in [1.82, 2.24) is 5.32 Å². The number of hydrogen-bond donors (Lipinski definition) is 1. The highest BCUT2D eigenvalue weighted by Crippen LogP contribution is 2.08. The Balaban J connectivity index is 3.49. The van der Waals surface area contributed by atoms with E-state index in [0.29, 0.717) is 5.92 Å². The molecule has 0 aliphatic rings. The Morgan fingerprint density at radius 3 is 2.31 bits per heavy atom. The molecule has 0 rings (SSSR count). The Kier molecular flexibility index (Phi) is 8.54. The Labute approximate surface area is 107 Å². The van der Waals surface area contributed by atoms with Gasteiger partial charge in [0.25, 0.3) is 0 Å². The third-order valence-corrected chi connectivity index (χ3v) is 3.33. The van der Waals surface area contributed by atoms with Crippen LogP contribution in [-0.2, 0) is 0 Å². The van der Waals surface area contributed by atoms with E-state index in [1.807, 2.05) is 0 Å². The van der Waals surface area contributed by atoms with Crippen LogP contribution in [0.3, 0.4) is 0 Å². The average Bonchev–Trinajstić information content (AvgIpc) is 2.20. The van der Waals surface area contributed by atoms with E-state index in [-0.39, 0.29) is 0 Å². The van der Waals surface area contributed by atoms with E-state index < -0.39 is 0 Å². The van der Waals surface area contributed by atoms with Crippen molar-refractivity contribution in [1.29, 1.82) is 0 Å². The van der Waals surface area contributed by atoms with Gasteiger partial charge in [0.05, 0.1) is 0 Å². The highest BCUT2D eigenvalue weighted by molar-refractivity contribution is 7.80. The molecule has 1 nitrogen and oxygen atoms in total. The number of nitrogens with one attached hydrogen (secondary N) is 1. The first-order valence-corrected chi connectivity index (χ1v) is 6.78. The van der Waals surface area contributed by atoms with Crippen LogP contribution in [0, 0.1) is 11.8 Å². The Morgan fingerprint density at radius 1 is 1.19 bits per heavy atom. The second-order valence-corrected chi connectivity index (χ2v) is 5.71. The summed E-state index contributed by atoms with van der Waals surface area (Å²) in [5.41, 5.74) is 1.13. The molecule has 0 unspecified atom stereocenters. The van der Waals surface area contributed by atoms with Crippen molar-refractivity contribution in [3.05, 3.63) is 12.3 Å². The normalized spacial score (nSPS) is 10.9. The lowest BCUT2D eigenvalue weighted by Crippen LogP contribution is -2.16. The van der Waals surface area contributed by atoms with Crippen LogP contribution < -0.4 is 5.32 Å². The summed E-state index contributed by atoms with van der Waals surface area (Å²) in [6.07, 6.45) is 4.48. The Morgan fingerprint density at radius 2 is 1.81 bits per heavy atom. The molecule has 2 heteroatoms. The van der Waals surface area contributed by atoms with E-state index in [0.717, 1.165) is 35.9 Å². The Bertz CT molecular complexity index is 219. The second-order valence-electron chi connectivity index (χ2n) is 5.19. The smallest absolute Gasteiger partial charge is 0.0143 e. The van der Waals surface area contributed by atoms with Crippen LogP contribution in [0.5, 0.6) is 0 Å². The monoisotopic (exact) mass is 241 g/mol. The fraction of sp³-hybridized carbons (Fsp3) is 0.786. The topological polar surface area (TPSA) is 12.0 Å². The maximum absolute atomic E-state index is 5.30. The first-order chi connectivity index (χ1) is 7.43.